The van der Waals surface area contributed by atoms with Gasteiger partial charge in [-0.3, -0.25) is 9.69 Å². The van der Waals surface area contributed by atoms with Crippen molar-refractivity contribution in [2.24, 2.45) is 17.8 Å². The molecular weight excluding hydrogens is 556 g/mol. The lowest BCUT2D eigenvalue weighted by molar-refractivity contribution is -0.173. The fourth-order valence-corrected chi connectivity index (χ4v) is 7.78. The lowest BCUT2D eigenvalue weighted by Crippen LogP contribution is -2.58. The van der Waals surface area contributed by atoms with Gasteiger partial charge in [-0.15, -0.1) is 0 Å². The van der Waals surface area contributed by atoms with Gasteiger partial charge in [0.2, 0.25) is 5.75 Å². The molecule has 1 aliphatic carbocycles. The molecule has 3 heterocycles. The molecule has 0 amide bonds. The van der Waals surface area contributed by atoms with Gasteiger partial charge in [-0.2, -0.15) is 4.73 Å². The van der Waals surface area contributed by atoms with E-state index in [-0.39, 0.29) is 23.4 Å². The molecule has 1 saturated heterocycles. The largest absolute Gasteiger partial charge is 0.493 e. The van der Waals surface area contributed by atoms with Gasteiger partial charge in [0.05, 0.1) is 50.1 Å². The monoisotopic (exact) mass is 594 g/mol. The van der Waals surface area contributed by atoms with E-state index in [1.807, 2.05) is 16.9 Å². The molecule has 0 spiro atoms. The van der Waals surface area contributed by atoms with Gasteiger partial charge in [0.15, 0.2) is 11.5 Å². The molecule has 0 radical (unpaired) electrons. The second kappa shape index (κ2) is 11.6. The van der Waals surface area contributed by atoms with Crippen molar-refractivity contribution < 1.29 is 43.2 Å². The maximum absolute atomic E-state index is 13.5. The normalized spacial score (nSPS) is 26.5. The zero-order chi connectivity index (χ0) is 30.4. The van der Waals surface area contributed by atoms with E-state index in [0.717, 1.165) is 24.2 Å². The van der Waals surface area contributed by atoms with E-state index in [0.29, 0.717) is 36.6 Å². The number of para-hydroxylation sites is 1. The number of ether oxygens (including phenoxy) is 5. The zero-order valence-electron chi connectivity index (χ0n) is 25.1. The number of nitrogens with zero attached hydrogens (tertiary/aromatic N) is 2. The maximum Gasteiger partial charge on any atom is 0.338 e. The summed E-state index contributed by atoms with van der Waals surface area (Å²) in [7, 11) is 7.58. The number of esters is 1. The predicted molar refractivity (Wildman–Crippen MR) is 156 cm³/mol. The standard InChI is InChI=1S/C32H38N2O9/c1-38-24-12-17(13-25(39-2)29(24)40-3)32(37)43-26-14-18-16-33-11-10-20-19-8-6-7-9-22(19)34(42-5)28(20)23(33)15-21(18)27(31(35)36)30(26)41-4/h6-9,12-13,18,21,23,26-27,30H,10-11,14-16H2,1-5H3,(H,35,36)/t18-,21+,23-,26-,27+,30?/m1/s1. The number of benzene rings is 2. The number of carbonyl (C=O) groups is 2. The Kier molecular flexibility index (Phi) is 7.87. The van der Waals surface area contributed by atoms with Crippen LogP contribution in [0.2, 0.25) is 0 Å². The molecule has 2 aliphatic heterocycles. The van der Waals surface area contributed by atoms with Crippen LogP contribution in [-0.2, 0) is 20.7 Å². The van der Waals surface area contributed by atoms with Gasteiger partial charge in [-0.1, -0.05) is 18.2 Å². The fourth-order valence-electron chi connectivity index (χ4n) is 7.78. The number of carboxylic acids is 1. The number of aliphatic carboxylic acids is 1. The molecule has 6 atom stereocenters. The first-order valence-corrected chi connectivity index (χ1v) is 14.5. The molecule has 3 aromatic rings. The topological polar surface area (TPSA) is 118 Å². The number of carbonyl (C=O) groups excluding carboxylic acids is 1. The molecular formula is C32H38N2O9. The Morgan fingerprint density at radius 3 is 2.30 bits per heavy atom. The molecule has 230 valence electrons. The van der Waals surface area contributed by atoms with E-state index in [9.17, 15) is 14.7 Å². The highest BCUT2D eigenvalue weighted by molar-refractivity contribution is 5.91. The summed E-state index contributed by atoms with van der Waals surface area (Å²) in [5.74, 6) is -1.59. The van der Waals surface area contributed by atoms with Crippen molar-refractivity contribution in [3.05, 3.63) is 53.2 Å². The molecule has 0 bridgehead atoms. The van der Waals surface area contributed by atoms with Crippen LogP contribution in [0, 0.1) is 17.8 Å². The van der Waals surface area contributed by atoms with Crippen molar-refractivity contribution in [1.29, 1.82) is 0 Å². The van der Waals surface area contributed by atoms with Crippen LogP contribution >= 0.6 is 0 Å². The minimum Gasteiger partial charge on any atom is -0.493 e. The molecule has 1 N–H and O–H groups in total. The summed E-state index contributed by atoms with van der Waals surface area (Å²) in [5, 5.41) is 11.7. The molecule has 1 saturated carbocycles. The predicted octanol–water partition coefficient (Wildman–Crippen LogP) is 3.61. The highest BCUT2D eigenvalue weighted by Gasteiger charge is 2.54. The number of piperidine rings is 1. The third kappa shape index (κ3) is 4.75. The van der Waals surface area contributed by atoms with Crippen molar-refractivity contribution in [3.63, 3.8) is 0 Å². The molecule has 1 aromatic heterocycles. The van der Waals surface area contributed by atoms with Crippen LogP contribution in [0.4, 0.5) is 0 Å². The van der Waals surface area contributed by atoms with E-state index >= 15 is 0 Å². The van der Waals surface area contributed by atoms with Crippen LogP contribution in [0.25, 0.3) is 10.9 Å². The highest BCUT2D eigenvalue weighted by atomic mass is 16.6. The molecule has 1 unspecified atom stereocenters. The van der Waals surface area contributed by atoms with Gasteiger partial charge in [0.25, 0.3) is 0 Å². The Labute approximate surface area is 250 Å². The van der Waals surface area contributed by atoms with Crippen molar-refractivity contribution in [2.75, 3.05) is 48.6 Å². The van der Waals surface area contributed by atoms with Gasteiger partial charge >= 0.3 is 11.9 Å². The van der Waals surface area contributed by atoms with Crippen LogP contribution in [0.15, 0.2) is 36.4 Å². The molecule has 2 aromatic carbocycles. The van der Waals surface area contributed by atoms with Crippen LogP contribution in [0.5, 0.6) is 17.2 Å². The van der Waals surface area contributed by atoms with Gasteiger partial charge in [-0.05, 0) is 54.9 Å². The van der Waals surface area contributed by atoms with Crippen molar-refractivity contribution in [2.45, 2.75) is 37.5 Å². The lowest BCUT2D eigenvalue weighted by atomic mass is 9.64. The molecule has 2 fully saturated rings. The summed E-state index contributed by atoms with van der Waals surface area (Å²) >= 11 is 0. The summed E-state index contributed by atoms with van der Waals surface area (Å²) in [6, 6.07) is 11.3. The van der Waals surface area contributed by atoms with Crippen LogP contribution < -0.4 is 19.0 Å². The molecule has 11 nitrogen and oxygen atoms in total. The smallest absolute Gasteiger partial charge is 0.338 e. The minimum atomic E-state index is -0.952. The average Bonchev–Trinajstić information content (AvgIpc) is 3.36. The summed E-state index contributed by atoms with van der Waals surface area (Å²) in [6.07, 6.45) is 0.450. The molecule has 3 aliphatic rings. The van der Waals surface area contributed by atoms with Gasteiger partial charge < -0.3 is 33.6 Å². The van der Waals surface area contributed by atoms with E-state index in [4.69, 9.17) is 28.5 Å². The number of hydrogen-bond donors (Lipinski definition) is 1. The second-order valence-electron chi connectivity index (χ2n) is 11.4. The van der Waals surface area contributed by atoms with Crippen molar-refractivity contribution >= 4 is 22.8 Å². The molecule has 11 heteroatoms. The quantitative estimate of drug-likeness (QED) is 0.388. The number of hydrogen-bond acceptors (Lipinski definition) is 9. The Morgan fingerprint density at radius 2 is 1.67 bits per heavy atom. The Balaban J connectivity index is 1.30. The van der Waals surface area contributed by atoms with E-state index < -0.39 is 30.1 Å². The number of aromatic nitrogens is 1. The second-order valence-corrected chi connectivity index (χ2v) is 11.4. The first kappa shape index (κ1) is 29.1. The number of rotatable bonds is 8. The van der Waals surface area contributed by atoms with Crippen molar-refractivity contribution in [1.82, 2.24) is 9.63 Å². The molecule has 43 heavy (non-hydrogen) atoms. The van der Waals surface area contributed by atoms with Crippen molar-refractivity contribution in [3.8, 4) is 17.2 Å². The summed E-state index contributed by atoms with van der Waals surface area (Å²) in [4.78, 5) is 34.7. The summed E-state index contributed by atoms with van der Waals surface area (Å²) in [5.41, 5.74) is 3.59. The lowest BCUT2D eigenvalue weighted by Gasteiger charge is -2.52. The Morgan fingerprint density at radius 1 is 0.953 bits per heavy atom. The fraction of sp³-hybridized carbons (Fsp3) is 0.500. The van der Waals surface area contributed by atoms with Crippen LogP contribution in [0.1, 0.15) is 40.5 Å². The van der Waals surface area contributed by atoms with E-state index in [1.54, 1.807) is 7.11 Å². The van der Waals surface area contributed by atoms with Crippen LogP contribution in [0.3, 0.4) is 0 Å². The Hall–Kier alpha value is -3.96. The van der Waals surface area contributed by atoms with Gasteiger partial charge in [0.1, 0.15) is 19.3 Å². The average molecular weight is 595 g/mol. The highest BCUT2D eigenvalue weighted by Crippen LogP contribution is 2.51. The number of fused-ring (bicyclic) bond motifs is 6. The zero-order valence-corrected chi connectivity index (χ0v) is 25.1. The number of methoxy groups -OCH3 is 4. The van der Waals surface area contributed by atoms with E-state index in [1.165, 1.54) is 51.5 Å². The van der Waals surface area contributed by atoms with E-state index in [2.05, 4.69) is 17.0 Å². The van der Waals surface area contributed by atoms with Gasteiger partial charge in [0, 0.05) is 25.6 Å². The molecule has 6 rings (SSSR count). The summed E-state index contributed by atoms with van der Waals surface area (Å²) in [6.45, 7) is 1.55. The van der Waals surface area contributed by atoms with Crippen LogP contribution in [-0.4, -0.2) is 87.5 Å². The first-order valence-electron chi connectivity index (χ1n) is 14.5. The maximum atomic E-state index is 13.5. The Bertz CT molecular complexity index is 1480. The summed E-state index contributed by atoms with van der Waals surface area (Å²) < 4.78 is 29.9. The third-order valence-electron chi connectivity index (χ3n) is 9.57. The minimum absolute atomic E-state index is 0.00316. The third-order valence-corrected chi connectivity index (χ3v) is 9.57. The number of carboxylic acid groups (broad SMARTS) is 1. The SMILES string of the molecule is COc1cc(C(=O)O[C@@H]2C[C@@H]3CN4CCc5c(n(OC)c6ccccc56)[C@H]4C[C@@H]3[C@H](C(=O)O)C2OC)cc(OC)c1OC. The first-order chi connectivity index (χ1) is 20.8. The van der Waals surface area contributed by atoms with Gasteiger partial charge in [-0.25, -0.2) is 4.79 Å².